The molecule has 0 unspecified atom stereocenters. The predicted octanol–water partition coefficient (Wildman–Crippen LogP) is 3.62. The quantitative estimate of drug-likeness (QED) is 0.560. The van der Waals surface area contributed by atoms with Gasteiger partial charge in [-0.3, -0.25) is 0 Å². The van der Waals surface area contributed by atoms with Crippen LogP contribution in [0.1, 0.15) is 5.56 Å². The van der Waals surface area contributed by atoms with Crippen LogP contribution in [-0.4, -0.2) is 37.9 Å². The summed E-state index contributed by atoms with van der Waals surface area (Å²) in [7, 11) is 0.415. The summed E-state index contributed by atoms with van der Waals surface area (Å²) in [5.74, 6) is 0. The molecule has 4 nitrogen and oxygen atoms in total. The van der Waals surface area contributed by atoms with E-state index >= 15 is 0 Å². The van der Waals surface area contributed by atoms with Crippen molar-refractivity contribution in [1.82, 2.24) is 8.87 Å². The minimum Gasteiger partial charge on any atom is -0.309 e. The van der Waals surface area contributed by atoms with E-state index in [4.69, 9.17) is 11.6 Å². The summed E-state index contributed by atoms with van der Waals surface area (Å²) in [6.07, 6.45) is 2.51. The van der Waals surface area contributed by atoms with Crippen molar-refractivity contribution in [1.29, 1.82) is 0 Å². The highest BCUT2D eigenvalue weighted by Gasteiger charge is 2.31. The third-order valence-corrected chi connectivity index (χ3v) is 6.40. The van der Waals surface area contributed by atoms with Gasteiger partial charge in [-0.1, -0.05) is 29.8 Å². The molecule has 4 rings (SSSR count). The van der Waals surface area contributed by atoms with Crippen LogP contribution in [0.25, 0.3) is 22.0 Å². The Morgan fingerprint density at radius 3 is 2.62 bits per heavy atom. The molecule has 2 bridgehead atoms. The number of benzene rings is 2. The first-order valence-electron chi connectivity index (χ1n) is 7.72. The van der Waals surface area contributed by atoms with Crippen LogP contribution in [-0.2, 0) is 16.4 Å². The lowest BCUT2D eigenvalue weighted by atomic mass is 10.0. The van der Waals surface area contributed by atoms with Crippen LogP contribution in [0.3, 0.4) is 0 Å². The second kappa shape index (κ2) is 5.34. The molecule has 1 aliphatic heterocycles. The number of nitrogens with zero attached hydrogens (tertiary/aromatic N) is 2. The smallest absolute Gasteiger partial charge is 0.268 e. The van der Waals surface area contributed by atoms with E-state index in [9.17, 15) is 8.42 Å². The van der Waals surface area contributed by atoms with Gasteiger partial charge in [-0.25, -0.2) is 12.4 Å². The second-order valence-electron chi connectivity index (χ2n) is 6.39. The van der Waals surface area contributed by atoms with Crippen LogP contribution in [0.5, 0.6) is 0 Å². The maximum Gasteiger partial charge on any atom is 0.268 e. The first kappa shape index (κ1) is 15.7. The summed E-state index contributed by atoms with van der Waals surface area (Å²) < 4.78 is 27.5. The largest absolute Gasteiger partial charge is 0.309 e. The van der Waals surface area contributed by atoms with Gasteiger partial charge in [0.25, 0.3) is 10.0 Å². The Kier molecular flexibility index (Phi) is 3.49. The molecule has 0 N–H and O–H groups in total. The lowest BCUT2D eigenvalue weighted by molar-refractivity contribution is 0.413. The fraction of sp³-hybridized carbons (Fsp3) is 0.222. The molecule has 2 aromatic carbocycles. The number of hydrogen-bond donors (Lipinski definition) is 0. The highest BCUT2D eigenvalue weighted by Crippen LogP contribution is 2.42. The predicted molar refractivity (Wildman–Crippen MR) is 97.2 cm³/mol. The zero-order valence-corrected chi connectivity index (χ0v) is 15.0. The SMILES string of the molecule is CN(C)CCc1ccc2c(c1)S(=O)(=O)n1cc-2c2ccc(Cl)cc21. The Labute approximate surface area is 146 Å². The van der Waals surface area contributed by atoms with E-state index in [-0.39, 0.29) is 0 Å². The van der Waals surface area contributed by atoms with Crippen molar-refractivity contribution < 1.29 is 8.42 Å². The summed E-state index contributed by atoms with van der Waals surface area (Å²) in [6, 6.07) is 11.1. The van der Waals surface area contributed by atoms with E-state index < -0.39 is 10.0 Å². The maximum absolute atomic E-state index is 13.1. The number of aromatic nitrogens is 1. The molecule has 1 aromatic heterocycles. The van der Waals surface area contributed by atoms with Crippen LogP contribution >= 0.6 is 11.6 Å². The van der Waals surface area contributed by atoms with Crippen molar-refractivity contribution in [2.75, 3.05) is 20.6 Å². The molecule has 1 aliphatic rings. The average Bonchev–Trinajstić information content (AvgIpc) is 2.88. The van der Waals surface area contributed by atoms with Crippen LogP contribution in [0.4, 0.5) is 0 Å². The summed E-state index contributed by atoms with van der Waals surface area (Å²) in [6.45, 7) is 0.876. The fourth-order valence-corrected chi connectivity index (χ4v) is 4.99. The molecule has 0 atom stereocenters. The van der Waals surface area contributed by atoms with E-state index in [1.165, 1.54) is 3.97 Å². The van der Waals surface area contributed by atoms with Gasteiger partial charge in [0.05, 0.1) is 10.4 Å². The van der Waals surface area contributed by atoms with Gasteiger partial charge >= 0.3 is 0 Å². The van der Waals surface area contributed by atoms with Gasteiger partial charge in [0.15, 0.2) is 0 Å². The van der Waals surface area contributed by atoms with Gasteiger partial charge in [0, 0.05) is 34.3 Å². The number of likely N-dealkylation sites (N-methyl/N-ethyl adjacent to an activating group) is 1. The monoisotopic (exact) mass is 360 g/mol. The maximum atomic E-state index is 13.1. The van der Waals surface area contributed by atoms with Gasteiger partial charge in [0.1, 0.15) is 0 Å². The van der Waals surface area contributed by atoms with E-state index in [1.54, 1.807) is 18.3 Å². The van der Waals surface area contributed by atoms with Gasteiger partial charge in [-0.05, 0) is 44.3 Å². The number of fused-ring (bicyclic) bond motifs is 7. The van der Waals surface area contributed by atoms with Crippen molar-refractivity contribution in [3.05, 3.63) is 53.2 Å². The van der Waals surface area contributed by atoms with E-state index in [1.807, 2.05) is 38.4 Å². The van der Waals surface area contributed by atoms with Crippen molar-refractivity contribution in [2.45, 2.75) is 11.3 Å². The van der Waals surface area contributed by atoms with Crippen molar-refractivity contribution >= 4 is 32.5 Å². The molecule has 0 saturated heterocycles. The minimum absolute atomic E-state index is 0.378. The van der Waals surface area contributed by atoms with Crippen LogP contribution in [0.2, 0.25) is 5.02 Å². The molecule has 124 valence electrons. The lowest BCUT2D eigenvalue weighted by Crippen LogP contribution is -2.17. The standard InChI is InChI=1S/C18H17ClN2O2S/c1-20(2)8-7-12-3-5-15-16-11-21(24(22,23)18(15)9-12)17-10-13(19)4-6-14(16)17/h3-6,9-11H,7-8H2,1-2H3. The molecule has 6 heteroatoms. The van der Waals surface area contributed by atoms with Crippen LogP contribution in [0.15, 0.2) is 47.5 Å². The second-order valence-corrected chi connectivity index (χ2v) is 8.61. The molecule has 0 fully saturated rings. The lowest BCUT2D eigenvalue weighted by Gasteiger charge is -2.16. The van der Waals surface area contributed by atoms with E-state index in [0.29, 0.717) is 15.4 Å². The van der Waals surface area contributed by atoms with Crippen molar-refractivity contribution in [2.24, 2.45) is 0 Å². The normalized spacial score (nSPS) is 15.0. The Morgan fingerprint density at radius 2 is 1.88 bits per heavy atom. The molecule has 0 aliphatic carbocycles. The van der Waals surface area contributed by atoms with Crippen LogP contribution < -0.4 is 0 Å². The number of rotatable bonds is 3. The molecule has 0 radical (unpaired) electrons. The number of halogens is 1. The highest BCUT2D eigenvalue weighted by atomic mass is 35.5. The Balaban J connectivity index is 1.94. The first-order valence-corrected chi connectivity index (χ1v) is 9.54. The Hall–Kier alpha value is -1.82. The van der Waals surface area contributed by atoms with Gasteiger partial charge < -0.3 is 4.90 Å². The van der Waals surface area contributed by atoms with Crippen molar-refractivity contribution in [3.8, 4) is 11.1 Å². The molecule has 24 heavy (non-hydrogen) atoms. The fourth-order valence-electron chi connectivity index (χ4n) is 3.20. The minimum atomic E-state index is -3.60. The van der Waals surface area contributed by atoms with E-state index in [0.717, 1.165) is 35.0 Å². The van der Waals surface area contributed by atoms with Crippen LogP contribution in [0, 0.1) is 0 Å². The molecular formula is C18H17ClN2O2S. The zero-order valence-electron chi connectivity index (χ0n) is 13.5. The summed E-state index contributed by atoms with van der Waals surface area (Å²) in [5, 5.41) is 1.43. The summed E-state index contributed by atoms with van der Waals surface area (Å²) >= 11 is 6.06. The zero-order chi connectivity index (χ0) is 17.1. The van der Waals surface area contributed by atoms with Gasteiger partial charge in [0.2, 0.25) is 0 Å². The summed E-state index contributed by atoms with van der Waals surface area (Å²) in [4.78, 5) is 2.46. The van der Waals surface area contributed by atoms with E-state index in [2.05, 4.69) is 4.90 Å². The summed E-state index contributed by atoms with van der Waals surface area (Å²) in [5.41, 5.74) is 3.35. The highest BCUT2D eigenvalue weighted by molar-refractivity contribution is 7.90. The molecule has 2 heterocycles. The molecule has 0 saturated carbocycles. The Bertz CT molecular complexity index is 1070. The topological polar surface area (TPSA) is 42.3 Å². The Morgan fingerprint density at radius 1 is 1.08 bits per heavy atom. The van der Waals surface area contributed by atoms with Crippen molar-refractivity contribution in [3.63, 3.8) is 0 Å². The first-order chi connectivity index (χ1) is 11.4. The molecule has 0 amide bonds. The number of hydrogen-bond acceptors (Lipinski definition) is 3. The third kappa shape index (κ3) is 2.27. The third-order valence-electron chi connectivity index (χ3n) is 4.45. The molecular weight excluding hydrogens is 344 g/mol. The molecule has 3 aromatic rings. The van der Waals surface area contributed by atoms with Gasteiger partial charge in [-0.2, -0.15) is 0 Å². The average molecular weight is 361 g/mol. The van der Waals surface area contributed by atoms with Gasteiger partial charge in [-0.15, -0.1) is 0 Å². The molecule has 0 spiro atoms.